The first-order chi connectivity index (χ1) is 12.7. The van der Waals surface area contributed by atoms with Crippen LogP contribution in [0, 0.1) is 11.3 Å². The van der Waals surface area contributed by atoms with Crippen LogP contribution in [-0.4, -0.2) is 24.0 Å². The van der Waals surface area contributed by atoms with E-state index in [1.165, 1.54) is 17.5 Å². The number of carbonyl (C=O) groups excluding carboxylic acids is 1. The van der Waals surface area contributed by atoms with Gasteiger partial charge in [0.15, 0.2) is 0 Å². The van der Waals surface area contributed by atoms with E-state index in [1.54, 1.807) is 7.11 Å². The Labute approximate surface area is 155 Å². The smallest absolute Gasteiger partial charge is 0.264 e. The number of nitrogens with one attached hydrogen (secondary N) is 1. The highest BCUT2D eigenvalue weighted by molar-refractivity contribution is 7.16. The Morgan fingerprint density at radius 3 is 2.62 bits per heavy atom. The monoisotopic (exact) mass is 363 g/mol. The maximum atomic E-state index is 12.4. The number of benzene rings is 2. The molecule has 0 saturated carbocycles. The van der Waals surface area contributed by atoms with E-state index in [0.29, 0.717) is 11.3 Å². The second-order valence-corrected chi connectivity index (χ2v) is 6.63. The average molecular weight is 363 g/mol. The van der Waals surface area contributed by atoms with Crippen molar-refractivity contribution in [2.45, 2.75) is 12.5 Å². The third-order valence-electron chi connectivity index (χ3n) is 3.81. The van der Waals surface area contributed by atoms with Crippen molar-refractivity contribution in [2.75, 3.05) is 7.11 Å². The van der Waals surface area contributed by atoms with Gasteiger partial charge in [-0.25, -0.2) is 4.98 Å². The first-order valence-electron chi connectivity index (χ1n) is 8.04. The van der Waals surface area contributed by atoms with Gasteiger partial charge < -0.3 is 10.1 Å². The maximum absolute atomic E-state index is 12.4. The molecule has 1 atom stereocenters. The Morgan fingerprint density at radius 1 is 1.23 bits per heavy atom. The minimum Gasteiger partial charge on any atom is -0.497 e. The number of nitriles is 1. The van der Waals surface area contributed by atoms with Crippen molar-refractivity contribution >= 4 is 17.2 Å². The van der Waals surface area contributed by atoms with Crippen LogP contribution >= 0.6 is 11.3 Å². The van der Waals surface area contributed by atoms with E-state index in [0.717, 1.165) is 21.9 Å². The lowest BCUT2D eigenvalue weighted by molar-refractivity contribution is 0.0949. The molecule has 1 amide bonds. The molecule has 0 bridgehead atoms. The summed E-state index contributed by atoms with van der Waals surface area (Å²) < 4.78 is 5.14. The normalized spacial score (nSPS) is 11.4. The topological polar surface area (TPSA) is 75.0 Å². The van der Waals surface area contributed by atoms with Crippen LogP contribution < -0.4 is 10.1 Å². The molecule has 0 radical (unpaired) electrons. The standard InChI is InChI=1S/C20H17N3O2S/c1-25-17-9-7-15(8-10-17)20-22-13-18(26-20)19(24)23-16(12-21)11-14-5-3-2-4-6-14/h2-10,13,16H,11H2,1H3,(H,23,24)/t16-/m1/s1. The van der Waals surface area contributed by atoms with Crippen LogP contribution in [0.15, 0.2) is 60.8 Å². The first kappa shape index (κ1) is 17.6. The summed E-state index contributed by atoms with van der Waals surface area (Å²) in [7, 11) is 1.61. The van der Waals surface area contributed by atoms with Crippen LogP contribution in [0.5, 0.6) is 5.75 Å². The van der Waals surface area contributed by atoms with Crippen LogP contribution in [0.25, 0.3) is 10.6 Å². The highest BCUT2D eigenvalue weighted by atomic mass is 32.1. The van der Waals surface area contributed by atoms with Crippen LogP contribution in [-0.2, 0) is 6.42 Å². The fourth-order valence-corrected chi connectivity index (χ4v) is 3.28. The van der Waals surface area contributed by atoms with Gasteiger partial charge in [0, 0.05) is 12.0 Å². The number of hydrogen-bond donors (Lipinski definition) is 1. The number of hydrogen-bond acceptors (Lipinski definition) is 5. The first-order valence-corrected chi connectivity index (χ1v) is 8.86. The number of nitrogens with zero attached hydrogens (tertiary/aromatic N) is 2. The van der Waals surface area contributed by atoms with E-state index >= 15 is 0 Å². The lowest BCUT2D eigenvalue weighted by atomic mass is 10.1. The van der Waals surface area contributed by atoms with Gasteiger partial charge in [0.2, 0.25) is 0 Å². The molecule has 3 rings (SSSR count). The molecule has 0 fully saturated rings. The zero-order chi connectivity index (χ0) is 18.4. The predicted molar refractivity (Wildman–Crippen MR) is 101 cm³/mol. The minimum atomic E-state index is -0.587. The molecule has 6 heteroatoms. The molecular weight excluding hydrogens is 346 g/mol. The molecule has 3 aromatic rings. The molecule has 0 unspecified atom stereocenters. The van der Waals surface area contributed by atoms with Crippen molar-refractivity contribution in [2.24, 2.45) is 0 Å². The molecule has 5 nitrogen and oxygen atoms in total. The molecule has 2 aromatic carbocycles. The molecule has 26 heavy (non-hydrogen) atoms. The highest BCUT2D eigenvalue weighted by Gasteiger charge is 2.16. The van der Waals surface area contributed by atoms with Crippen LogP contribution in [0.2, 0.25) is 0 Å². The van der Waals surface area contributed by atoms with Crippen molar-refractivity contribution in [1.82, 2.24) is 10.3 Å². The summed E-state index contributed by atoms with van der Waals surface area (Å²) in [6.07, 6.45) is 2.00. The van der Waals surface area contributed by atoms with Gasteiger partial charge in [-0.2, -0.15) is 5.26 Å². The predicted octanol–water partition coefficient (Wildman–Crippen LogP) is 3.68. The molecule has 1 N–H and O–H groups in total. The minimum absolute atomic E-state index is 0.287. The van der Waals surface area contributed by atoms with E-state index in [-0.39, 0.29) is 5.91 Å². The second-order valence-electron chi connectivity index (χ2n) is 5.60. The molecule has 1 aromatic heterocycles. The zero-order valence-electron chi connectivity index (χ0n) is 14.2. The number of ether oxygens (including phenoxy) is 1. The third-order valence-corrected chi connectivity index (χ3v) is 4.86. The van der Waals surface area contributed by atoms with Crippen molar-refractivity contribution in [1.29, 1.82) is 5.26 Å². The Morgan fingerprint density at radius 2 is 1.96 bits per heavy atom. The van der Waals surface area contributed by atoms with Gasteiger partial charge >= 0.3 is 0 Å². The summed E-state index contributed by atoms with van der Waals surface area (Å²) in [6.45, 7) is 0. The van der Waals surface area contributed by atoms with Gasteiger partial charge in [0.25, 0.3) is 5.91 Å². The fraction of sp³-hybridized carbons (Fsp3) is 0.150. The Balaban J connectivity index is 1.68. The van der Waals surface area contributed by atoms with Crippen LogP contribution in [0.4, 0.5) is 0 Å². The summed E-state index contributed by atoms with van der Waals surface area (Å²) in [5, 5.41) is 12.8. The molecule has 0 saturated heterocycles. The van der Waals surface area contributed by atoms with E-state index in [4.69, 9.17) is 4.74 Å². The Bertz CT molecular complexity index is 914. The van der Waals surface area contributed by atoms with Crippen LogP contribution in [0.3, 0.4) is 0 Å². The summed E-state index contributed by atoms with van der Waals surface area (Å²) in [4.78, 5) is 17.2. The van der Waals surface area contributed by atoms with Crippen molar-refractivity contribution in [3.63, 3.8) is 0 Å². The molecule has 0 aliphatic heterocycles. The summed E-state index contributed by atoms with van der Waals surface area (Å²) in [5.41, 5.74) is 1.92. The lowest BCUT2D eigenvalue weighted by Crippen LogP contribution is -2.34. The van der Waals surface area contributed by atoms with E-state index in [2.05, 4.69) is 16.4 Å². The third kappa shape index (κ3) is 4.26. The van der Waals surface area contributed by atoms with Crippen LogP contribution in [0.1, 0.15) is 15.2 Å². The quantitative estimate of drug-likeness (QED) is 0.725. The largest absolute Gasteiger partial charge is 0.497 e. The molecular formula is C20H17N3O2S. The molecule has 0 spiro atoms. The number of carbonyl (C=O) groups is 1. The van der Waals surface area contributed by atoms with Crippen molar-refractivity contribution in [3.8, 4) is 22.4 Å². The second kappa shape index (κ2) is 8.28. The number of thiazole rings is 1. The molecule has 130 valence electrons. The fourth-order valence-electron chi connectivity index (χ4n) is 2.45. The van der Waals surface area contributed by atoms with Gasteiger partial charge in [0.1, 0.15) is 21.7 Å². The summed E-state index contributed by atoms with van der Waals surface area (Å²) >= 11 is 1.29. The number of amides is 1. The SMILES string of the molecule is COc1ccc(-c2ncc(C(=O)N[C@@H](C#N)Cc3ccccc3)s2)cc1. The number of rotatable bonds is 6. The number of aromatic nitrogens is 1. The van der Waals surface area contributed by atoms with Gasteiger partial charge in [-0.05, 0) is 29.8 Å². The van der Waals surface area contributed by atoms with Crippen molar-refractivity contribution in [3.05, 3.63) is 71.2 Å². The molecule has 1 heterocycles. The summed E-state index contributed by atoms with van der Waals surface area (Å²) in [5.74, 6) is 0.478. The number of methoxy groups -OCH3 is 1. The Hall–Kier alpha value is -3.17. The Kier molecular flexibility index (Phi) is 5.62. The van der Waals surface area contributed by atoms with E-state index < -0.39 is 6.04 Å². The lowest BCUT2D eigenvalue weighted by Gasteiger charge is -2.10. The van der Waals surface area contributed by atoms with Gasteiger partial charge in [-0.1, -0.05) is 30.3 Å². The van der Waals surface area contributed by atoms with Gasteiger partial charge in [-0.15, -0.1) is 11.3 Å². The summed E-state index contributed by atoms with van der Waals surface area (Å²) in [6, 6.07) is 18.7. The van der Waals surface area contributed by atoms with E-state index in [9.17, 15) is 10.1 Å². The van der Waals surface area contributed by atoms with Crippen molar-refractivity contribution < 1.29 is 9.53 Å². The van der Waals surface area contributed by atoms with E-state index in [1.807, 2.05) is 54.6 Å². The highest BCUT2D eigenvalue weighted by Crippen LogP contribution is 2.26. The van der Waals surface area contributed by atoms with Gasteiger partial charge in [-0.3, -0.25) is 4.79 Å². The molecule has 0 aliphatic rings. The maximum Gasteiger partial charge on any atom is 0.264 e. The van der Waals surface area contributed by atoms with Gasteiger partial charge in [0.05, 0.1) is 19.4 Å². The molecule has 0 aliphatic carbocycles. The average Bonchev–Trinajstić information content (AvgIpc) is 3.18. The zero-order valence-corrected chi connectivity index (χ0v) is 15.0.